The Morgan fingerprint density at radius 3 is 2.52 bits per heavy atom. The Kier molecular flexibility index (Phi) is 6.44. The maximum atomic E-state index is 12.8. The smallest absolute Gasteiger partial charge is 0.287 e. The molecule has 2 N–H and O–H groups in total. The topological polar surface area (TPSA) is 116 Å². The number of aromatic nitrogens is 1. The van der Waals surface area contributed by atoms with Crippen molar-refractivity contribution in [2.24, 2.45) is 0 Å². The molecule has 2 aromatic heterocycles. The van der Waals surface area contributed by atoms with E-state index in [1.807, 2.05) is 0 Å². The van der Waals surface area contributed by atoms with Crippen molar-refractivity contribution < 1.29 is 22.4 Å². The van der Waals surface area contributed by atoms with Gasteiger partial charge in [-0.25, -0.2) is 8.42 Å². The number of nitrogens with zero attached hydrogens (tertiary/aromatic N) is 2. The van der Waals surface area contributed by atoms with Gasteiger partial charge in [0, 0.05) is 49.9 Å². The summed E-state index contributed by atoms with van der Waals surface area (Å²) in [5, 5.41) is 2.94. The van der Waals surface area contributed by atoms with E-state index in [1.54, 1.807) is 35.7 Å². The van der Waals surface area contributed by atoms with Gasteiger partial charge in [-0.1, -0.05) is 0 Å². The maximum absolute atomic E-state index is 12.8. The number of rotatable bonds is 5. The number of thioether (sulfide) groups is 1. The van der Waals surface area contributed by atoms with E-state index in [0.29, 0.717) is 44.8 Å². The van der Waals surface area contributed by atoms with Gasteiger partial charge >= 0.3 is 0 Å². The van der Waals surface area contributed by atoms with Crippen LogP contribution < -0.4 is 5.32 Å². The van der Waals surface area contributed by atoms with Crippen LogP contribution in [0.2, 0.25) is 0 Å². The molecule has 0 aliphatic carbocycles. The molecule has 31 heavy (non-hydrogen) atoms. The summed E-state index contributed by atoms with van der Waals surface area (Å²) in [6.45, 7) is 3.71. The highest BCUT2D eigenvalue weighted by atomic mass is 32.2. The number of carbonyl (C=O) groups is 2. The molecule has 2 saturated heterocycles. The third kappa shape index (κ3) is 4.83. The van der Waals surface area contributed by atoms with E-state index in [0.717, 1.165) is 11.5 Å². The average Bonchev–Trinajstić information content (AvgIpc) is 3.44. The van der Waals surface area contributed by atoms with Crippen LogP contribution in [0.5, 0.6) is 0 Å². The lowest BCUT2D eigenvalue weighted by Crippen LogP contribution is -2.46. The van der Waals surface area contributed by atoms with Crippen molar-refractivity contribution in [2.45, 2.75) is 30.7 Å². The van der Waals surface area contributed by atoms with Crippen LogP contribution in [-0.2, 0) is 10.0 Å². The minimum absolute atomic E-state index is 0.0430. The molecule has 2 aliphatic heterocycles. The summed E-state index contributed by atoms with van der Waals surface area (Å²) >= 11 is 1.74. The predicted molar refractivity (Wildman–Crippen MR) is 117 cm³/mol. The fourth-order valence-corrected chi connectivity index (χ4v) is 6.36. The number of H-pyrrole nitrogens is 1. The molecule has 0 saturated carbocycles. The van der Waals surface area contributed by atoms with Crippen LogP contribution in [0.25, 0.3) is 0 Å². The number of sulfonamides is 1. The Hall–Kier alpha value is -2.24. The number of amides is 2. The molecule has 2 aliphatic rings. The van der Waals surface area contributed by atoms with Gasteiger partial charge < -0.3 is 19.6 Å². The van der Waals surface area contributed by atoms with Crippen molar-refractivity contribution in [1.82, 2.24) is 19.5 Å². The van der Waals surface area contributed by atoms with E-state index in [1.165, 1.54) is 16.6 Å². The predicted octanol–water partition coefficient (Wildman–Crippen LogP) is 1.69. The van der Waals surface area contributed by atoms with Crippen LogP contribution in [0.3, 0.4) is 0 Å². The lowest BCUT2D eigenvalue weighted by Gasteiger charge is -2.32. The van der Waals surface area contributed by atoms with E-state index in [4.69, 9.17) is 4.42 Å². The van der Waals surface area contributed by atoms with E-state index in [9.17, 15) is 18.0 Å². The number of piperidine rings is 1. The largest absolute Gasteiger partial charge is 0.456 e. The molecule has 0 radical (unpaired) electrons. The monoisotopic (exact) mass is 466 g/mol. The molecular formula is C20H26N4O5S2. The summed E-state index contributed by atoms with van der Waals surface area (Å²) in [6, 6.07) is 4.76. The second-order valence-electron chi connectivity index (χ2n) is 7.72. The normalized spacial score (nSPS) is 18.8. The number of hydrogen-bond acceptors (Lipinski definition) is 6. The Bertz CT molecular complexity index is 1050. The molecule has 2 fully saturated rings. The molecule has 0 aromatic carbocycles. The highest BCUT2D eigenvalue weighted by Crippen LogP contribution is 2.22. The van der Waals surface area contributed by atoms with Crippen molar-refractivity contribution in [3.05, 3.63) is 41.6 Å². The zero-order valence-corrected chi connectivity index (χ0v) is 18.9. The van der Waals surface area contributed by atoms with Gasteiger partial charge in [-0.3, -0.25) is 9.59 Å². The van der Waals surface area contributed by atoms with Gasteiger partial charge in [0.2, 0.25) is 10.0 Å². The van der Waals surface area contributed by atoms with Gasteiger partial charge in [-0.05, 0) is 38.0 Å². The first-order chi connectivity index (χ1) is 14.8. The Morgan fingerprint density at radius 2 is 1.87 bits per heavy atom. The number of furan rings is 1. The maximum Gasteiger partial charge on any atom is 0.287 e. The van der Waals surface area contributed by atoms with Gasteiger partial charge in [0.15, 0.2) is 5.76 Å². The van der Waals surface area contributed by atoms with Crippen molar-refractivity contribution in [3.8, 4) is 0 Å². The summed E-state index contributed by atoms with van der Waals surface area (Å²) in [7, 11) is -3.59. The molecule has 2 amide bonds. The molecule has 9 nitrogen and oxygen atoms in total. The zero-order chi connectivity index (χ0) is 22.0. The standard InChI is InChI=1S/C20H26N4O5S2/c1-14-2-3-18(29-14)19(25)22-15-4-6-23(7-5-15)20(26)17-12-16(13-21-17)31(27,28)24-8-10-30-11-9-24/h2-3,12-13,15,21H,4-11H2,1H3,(H,22,25). The second kappa shape index (κ2) is 9.09. The van der Waals surface area contributed by atoms with Crippen LogP contribution in [0.15, 0.2) is 33.7 Å². The zero-order valence-electron chi connectivity index (χ0n) is 17.3. The van der Waals surface area contributed by atoms with E-state index in [-0.39, 0.29) is 34.2 Å². The number of nitrogens with one attached hydrogen (secondary N) is 2. The van der Waals surface area contributed by atoms with Gasteiger partial charge in [0.25, 0.3) is 11.8 Å². The molecule has 168 valence electrons. The van der Waals surface area contributed by atoms with Crippen molar-refractivity contribution in [3.63, 3.8) is 0 Å². The summed E-state index contributed by atoms with van der Waals surface area (Å²) in [5.41, 5.74) is 0.263. The van der Waals surface area contributed by atoms with Gasteiger partial charge in [-0.15, -0.1) is 0 Å². The van der Waals surface area contributed by atoms with Crippen LogP contribution >= 0.6 is 11.8 Å². The highest BCUT2D eigenvalue weighted by Gasteiger charge is 2.30. The molecule has 0 spiro atoms. The lowest BCUT2D eigenvalue weighted by atomic mass is 10.0. The number of hydrogen-bond donors (Lipinski definition) is 2. The lowest BCUT2D eigenvalue weighted by molar-refractivity contribution is 0.0690. The molecule has 2 aromatic rings. The first-order valence-electron chi connectivity index (χ1n) is 10.3. The SMILES string of the molecule is Cc1ccc(C(=O)NC2CCN(C(=O)c3cc(S(=O)(=O)N4CCSCC4)c[nH]3)CC2)o1. The summed E-state index contributed by atoms with van der Waals surface area (Å²) < 4.78 is 32.4. The van der Waals surface area contributed by atoms with Crippen molar-refractivity contribution in [1.29, 1.82) is 0 Å². The quantitative estimate of drug-likeness (QED) is 0.693. The first-order valence-corrected chi connectivity index (χ1v) is 12.9. The molecular weight excluding hydrogens is 440 g/mol. The number of carbonyl (C=O) groups excluding carboxylic acids is 2. The molecule has 11 heteroatoms. The van der Waals surface area contributed by atoms with Crippen LogP contribution in [0.4, 0.5) is 0 Å². The van der Waals surface area contributed by atoms with E-state index in [2.05, 4.69) is 10.3 Å². The van der Waals surface area contributed by atoms with Crippen LogP contribution in [-0.4, -0.2) is 78.1 Å². The third-order valence-electron chi connectivity index (χ3n) is 5.58. The number of aromatic amines is 1. The molecule has 4 heterocycles. The Labute approximate surface area is 185 Å². The van der Waals surface area contributed by atoms with Crippen molar-refractivity contribution in [2.75, 3.05) is 37.7 Å². The minimum Gasteiger partial charge on any atom is -0.456 e. The third-order valence-corrected chi connectivity index (χ3v) is 8.40. The van der Waals surface area contributed by atoms with Gasteiger partial charge in [-0.2, -0.15) is 16.1 Å². The Morgan fingerprint density at radius 1 is 1.16 bits per heavy atom. The first kappa shape index (κ1) is 22.0. The second-order valence-corrected chi connectivity index (χ2v) is 10.9. The number of likely N-dealkylation sites (tertiary alicyclic amines) is 1. The van der Waals surface area contributed by atoms with Crippen LogP contribution in [0, 0.1) is 6.92 Å². The van der Waals surface area contributed by atoms with E-state index < -0.39 is 10.0 Å². The van der Waals surface area contributed by atoms with E-state index >= 15 is 0 Å². The fourth-order valence-electron chi connectivity index (χ4n) is 3.79. The molecule has 0 bridgehead atoms. The minimum atomic E-state index is -3.59. The molecule has 0 atom stereocenters. The molecule has 4 rings (SSSR count). The summed E-state index contributed by atoms with van der Waals surface area (Å²) in [6.07, 6.45) is 2.63. The molecule has 0 unspecified atom stereocenters. The van der Waals surface area contributed by atoms with Gasteiger partial charge in [0.05, 0.1) is 0 Å². The van der Waals surface area contributed by atoms with Gasteiger partial charge in [0.1, 0.15) is 16.3 Å². The average molecular weight is 467 g/mol. The fraction of sp³-hybridized carbons (Fsp3) is 0.500. The highest BCUT2D eigenvalue weighted by molar-refractivity contribution is 7.99. The summed E-state index contributed by atoms with van der Waals surface area (Å²) in [5.74, 6) is 2.02. The van der Waals surface area contributed by atoms with Crippen LogP contribution in [0.1, 0.15) is 39.6 Å². The number of aryl methyl sites for hydroxylation is 1. The Balaban J connectivity index is 1.33. The van der Waals surface area contributed by atoms with Crippen molar-refractivity contribution >= 4 is 33.6 Å². The summed E-state index contributed by atoms with van der Waals surface area (Å²) in [4.78, 5) is 29.7.